The van der Waals surface area contributed by atoms with Gasteiger partial charge in [0.1, 0.15) is 48.8 Å². The van der Waals surface area contributed by atoms with E-state index in [9.17, 15) is 35.7 Å². The van der Waals surface area contributed by atoms with Crippen molar-refractivity contribution in [3.63, 3.8) is 0 Å². The van der Waals surface area contributed by atoms with Gasteiger partial charge in [-0.3, -0.25) is 0 Å². The van der Waals surface area contributed by atoms with Crippen molar-refractivity contribution in [3.8, 4) is 0 Å². The van der Waals surface area contributed by atoms with Crippen LogP contribution in [0.15, 0.2) is 0 Å². The lowest BCUT2D eigenvalue weighted by atomic mass is 9.98. The molecule has 172 valence electrons. The van der Waals surface area contributed by atoms with Crippen LogP contribution in [0.5, 0.6) is 0 Å². The Kier molecular flexibility index (Phi) is 10.1. The zero-order valence-electron chi connectivity index (χ0n) is 16.5. The molecule has 2 fully saturated rings. The number of unbranched alkanes of at least 4 members (excludes halogenated alkanes) is 3. The summed E-state index contributed by atoms with van der Waals surface area (Å²) >= 11 is 0. The van der Waals surface area contributed by atoms with E-state index < -0.39 is 68.0 Å². The number of aliphatic hydroxyl groups excluding tert-OH is 7. The number of ether oxygens (including phenoxy) is 4. The molecule has 0 bridgehead atoms. The highest BCUT2D eigenvalue weighted by atomic mass is 16.7. The maximum Gasteiger partial charge on any atom is 0.186 e. The Morgan fingerprint density at radius 3 is 1.79 bits per heavy atom. The molecule has 11 nitrogen and oxygen atoms in total. The third kappa shape index (κ3) is 6.28. The summed E-state index contributed by atoms with van der Waals surface area (Å²) < 4.78 is 21.6. The quantitative estimate of drug-likeness (QED) is 0.180. The Bertz CT molecular complexity index is 465. The third-order valence-corrected chi connectivity index (χ3v) is 5.22. The molecule has 0 aromatic rings. The molecule has 0 radical (unpaired) electrons. The van der Waals surface area contributed by atoms with Crippen LogP contribution in [0, 0.1) is 0 Å². The summed E-state index contributed by atoms with van der Waals surface area (Å²) in [7, 11) is 0. The molecule has 0 saturated carbocycles. The molecule has 0 unspecified atom stereocenters. The minimum atomic E-state index is -1.60. The number of aliphatic hydroxyl groups is 7. The highest BCUT2D eigenvalue weighted by Gasteiger charge is 2.47. The first-order valence-corrected chi connectivity index (χ1v) is 10.0. The monoisotopic (exact) mass is 426 g/mol. The van der Waals surface area contributed by atoms with Crippen LogP contribution in [-0.2, 0) is 18.9 Å². The molecule has 29 heavy (non-hydrogen) atoms. The van der Waals surface area contributed by atoms with Gasteiger partial charge in [-0.1, -0.05) is 26.2 Å². The third-order valence-electron chi connectivity index (χ3n) is 5.22. The van der Waals surface area contributed by atoms with E-state index in [1.807, 2.05) is 0 Å². The number of rotatable bonds is 10. The molecular formula is C18H34O11. The van der Waals surface area contributed by atoms with E-state index in [1.165, 1.54) is 0 Å². The van der Waals surface area contributed by atoms with Gasteiger partial charge < -0.3 is 54.7 Å². The van der Waals surface area contributed by atoms with Crippen LogP contribution < -0.4 is 0 Å². The Labute approximate surface area is 169 Å². The molecule has 0 amide bonds. The Morgan fingerprint density at radius 1 is 0.655 bits per heavy atom. The molecular weight excluding hydrogens is 392 g/mol. The topological polar surface area (TPSA) is 179 Å². The molecule has 0 aliphatic carbocycles. The smallest absolute Gasteiger partial charge is 0.186 e. The minimum Gasteiger partial charge on any atom is -0.394 e. The molecule has 2 aliphatic rings. The number of hydrogen-bond acceptors (Lipinski definition) is 11. The molecule has 0 aromatic carbocycles. The van der Waals surface area contributed by atoms with E-state index >= 15 is 0 Å². The van der Waals surface area contributed by atoms with Gasteiger partial charge in [-0.25, -0.2) is 0 Å². The Hall–Kier alpha value is -0.440. The van der Waals surface area contributed by atoms with Crippen molar-refractivity contribution < 1.29 is 54.7 Å². The zero-order chi connectivity index (χ0) is 21.6. The normalized spacial score (nSPS) is 43.4. The first-order chi connectivity index (χ1) is 13.8. The molecule has 2 saturated heterocycles. The van der Waals surface area contributed by atoms with E-state index in [4.69, 9.17) is 18.9 Å². The van der Waals surface area contributed by atoms with Crippen molar-refractivity contribution >= 4 is 0 Å². The molecule has 0 aromatic heterocycles. The van der Waals surface area contributed by atoms with Crippen LogP contribution in [0.1, 0.15) is 32.6 Å². The van der Waals surface area contributed by atoms with Gasteiger partial charge in [-0.15, -0.1) is 0 Å². The van der Waals surface area contributed by atoms with Crippen LogP contribution in [0.2, 0.25) is 0 Å². The lowest BCUT2D eigenvalue weighted by Crippen LogP contribution is -2.61. The first kappa shape index (κ1) is 24.8. The maximum atomic E-state index is 10.2. The summed E-state index contributed by atoms with van der Waals surface area (Å²) in [4.78, 5) is 0. The highest BCUT2D eigenvalue weighted by molar-refractivity contribution is 4.91. The summed E-state index contributed by atoms with van der Waals surface area (Å²) in [5.74, 6) is 0. The second-order valence-electron chi connectivity index (χ2n) is 7.48. The Balaban J connectivity index is 1.89. The fourth-order valence-corrected chi connectivity index (χ4v) is 3.32. The summed E-state index contributed by atoms with van der Waals surface area (Å²) in [5, 5.41) is 69.0. The second-order valence-corrected chi connectivity index (χ2v) is 7.48. The lowest BCUT2D eigenvalue weighted by Gasteiger charge is -2.42. The average molecular weight is 426 g/mol. The van der Waals surface area contributed by atoms with Crippen molar-refractivity contribution in [1.29, 1.82) is 0 Å². The van der Waals surface area contributed by atoms with Crippen molar-refractivity contribution in [2.75, 3.05) is 19.8 Å². The second kappa shape index (κ2) is 11.8. The van der Waals surface area contributed by atoms with E-state index in [2.05, 4.69) is 6.92 Å². The van der Waals surface area contributed by atoms with Crippen molar-refractivity contribution in [2.45, 2.75) is 94.0 Å². The molecule has 11 heteroatoms. The molecule has 2 aliphatic heterocycles. The predicted octanol–water partition coefficient (Wildman–Crippen LogP) is -2.79. The van der Waals surface area contributed by atoms with Crippen LogP contribution in [0.3, 0.4) is 0 Å². The predicted molar refractivity (Wildman–Crippen MR) is 96.5 cm³/mol. The van der Waals surface area contributed by atoms with Crippen LogP contribution in [0.4, 0.5) is 0 Å². The molecule has 7 N–H and O–H groups in total. The van der Waals surface area contributed by atoms with E-state index in [0.717, 1.165) is 25.7 Å². The lowest BCUT2D eigenvalue weighted by molar-refractivity contribution is -0.331. The van der Waals surface area contributed by atoms with Gasteiger partial charge in [0.05, 0.1) is 13.2 Å². The maximum absolute atomic E-state index is 10.2. The average Bonchev–Trinajstić information content (AvgIpc) is 2.72. The van der Waals surface area contributed by atoms with E-state index in [1.54, 1.807) is 0 Å². The summed E-state index contributed by atoms with van der Waals surface area (Å²) in [6, 6.07) is 0. The largest absolute Gasteiger partial charge is 0.394 e. The molecule has 2 heterocycles. The van der Waals surface area contributed by atoms with Gasteiger partial charge in [0, 0.05) is 6.61 Å². The fourth-order valence-electron chi connectivity index (χ4n) is 3.32. The molecule has 2 rings (SSSR count). The van der Waals surface area contributed by atoms with Crippen LogP contribution in [-0.4, -0.2) is 117 Å². The van der Waals surface area contributed by atoms with Gasteiger partial charge in [0.2, 0.25) is 0 Å². The fraction of sp³-hybridized carbons (Fsp3) is 1.00. The first-order valence-electron chi connectivity index (χ1n) is 10.0. The van der Waals surface area contributed by atoms with Gasteiger partial charge >= 0.3 is 0 Å². The van der Waals surface area contributed by atoms with Gasteiger partial charge in [0.15, 0.2) is 12.6 Å². The van der Waals surface area contributed by atoms with Gasteiger partial charge in [-0.05, 0) is 6.42 Å². The summed E-state index contributed by atoms with van der Waals surface area (Å²) in [6.45, 7) is 1.41. The van der Waals surface area contributed by atoms with E-state index in [-0.39, 0.29) is 6.61 Å². The van der Waals surface area contributed by atoms with Crippen molar-refractivity contribution in [1.82, 2.24) is 0 Å². The van der Waals surface area contributed by atoms with Gasteiger partial charge in [0.25, 0.3) is 0 Å². The SMILES string of the molecule is CCCCCCO[C@@H]1O[C@H](CO[C@@H]2O[C@H](CO)[C@@H](O)[C@H](O)[C@H]2O)[C@@H](O)[C@H](O)[C@H]1O. The van der Waals surface area contributed by atoms with Crippen molar-refractivity contribution in [2.24, 2.45) is 0 Å². The van der Waals surface area contributed by atoms with Gasteiger partial charge in [-0.2, -0.15) is 0 Å². The van der Waals surface area contributed by atoms with Crippen molar-refractivity contribution in [3.05, 3.63) is 0 Å². The summed E-state index contributed by atoms with van der Waals surface area (Å²) in [6.07, 6.45) is -10.2. The van der Waals surface area contributed by atoms with Crippen LogP contribution in [0.25, 0.3) is 0 Å². The van der Waals surface area contributed by atoms with Crippen LogP contribution >= 0.6 is 0 Å². The molecule has 0 spiro atoms. The minimum absolute atomic E-state index is 0.310. The Morgan fingerprint density at radius 2 is 1.21 bits per heavy atom. The highest BCUT2D eigenvalue weighted by Crippen LogP contribution is 2.26. The number of hydrogen-bond donors (Lipinski definition) is 7. The summed E-state index contributed by atoms with van der Waals surface area (Å²) in [5.41, 5.74) is 0. The molecule has 10 atom stereocenters. The zero-order valence-corrected chi connectivity index (χ0v) is 16.5. The van der Waals surface area contributed by atoms with E-state index in [0.29, 0.717) is 6.61 Å². The standard InChI is InChI=1S/C18H34O11/c1-2-3-4-5-6-26-17-15(24)14(23)12(21)10(29-17)8-27-18-16(25)13(22)11(20)9(7-19)28-18/h9-25H,2-8H2,1H3/t9-,10-,11-,12-,13+,14+,15-,16-,17-,18-/m1/s1.